The maximum Gasteiger partial charge on any atom is 0.242 e. The predicted molar refractivity (Wildman–Crippen MR) is 126 cm³/mol. The number of benzene rings is 2. The van der Waals surface area contributed by atoms with Gasteiger partial charge in [-0.15, -0.1) is 24.0 Å². The van der Waals surface area contributed by atoms with E-state index in [1.807, 2.05) is 6.92 Å². The Morgan fingerprint density at radius 1 is 1.00 bits per heavy atom. The Labute approximate surface area is 189 Å². The van der Waals surface area contributed by atoms with Crippen LogP contribution < -0.4 is 10.6 Å². The molecule has 0 saturated carbocycles. The molecule has 0 amide bonds. The van der Waals surface area contributed by atoms with E-state index in [0.717, 1.165) is 24.1 Å². The maximum absolute atomic E-state index is 12.9. The first-order valence-electron chi connectivity index (χ1n) is 9.11. The van der Waals surface area contributed by atoms with Crippen molar-refractivity contribution in [2.75, 3.05) is 27.2 Å². The van der Waals surface area contributed by atoms with Gasteiger partial charge in [0.1, 0.15) is 5.82 Å². The molecule has 0 bridgehead atoms. The Morgan fingerprint density at radius 2 is 1.59 bits per heavy atom. The summed E-state index contributed by atoms with van der Waals surface area (Å²) in [6.07, 6.45) is 0.752. The van der Waals surface area contributed by atoms with Gasteiger partial charge in [0.25, 0.3) is 0 Å². The van der Waals surface area contributed by atoms with Crippen molar-refractivity contribution in [1.82, 2.24) is 14.9 Å². The predicted octanol–water partition coefficient (Wildman–Crippen LogP) is 2.99. The van der Waals surface area contributed by atoms with Crippen molar-refractivity contribution >= 4 is 40.0 Å². The molecular formula is C20H28FIN4O2S. The van der Waals surface area contributed by atoms with E-state index >= 15 is 0 Å². The van der Waals surface area contributed by atoms with E-state index in [-0.39, 0.29) is 34.7 Å². The van der Waals surface area contributed by atoms with Gasteiger partial charge in [0.2, 0.25) is 10.0 Å². The highest BCUT2D eigenvalue weighted by Gasteiger charge is 2.16. The van der Waals surface area contributed by atoms with E-state index in [4.69, 9.17) is 0 Å². The maximum atomic E-state index is 12.9. The second-order valence-corrected chi connectivity index (χ2v) is 8.58. The summed E-state index contributed by atoms with van der Waals surface area (Å²) >= 11 is 0. The Kier molecular flexibility index (Phi) is 10.5. The van der Waals surface area contributed by atoms with Gasteiger partial charge in [0, 0.05) is 27.2 Å². The van der Waals surface area contributed by atoms with Gasteiger partial charge in [-0.05, 0) is 48.7 Å². The van der Waals surface area contributed by atoms with Crippen LogP contribution in [0.2, 0.25) is 0 Å². The van der Waals surface area contributed by atoms with Crippen molar-refractivity contribution < 1.29 is 12.8 Å². The number of hydrogen-bond acceptors (Lipinski definition) is 3. The van der Waals surface area contributed by atoms with Crippen LogP contribution >= 0.6 is 24.0 Å². The van der Waals surface area contributed by atoms with Crippen LogP contribution in [0.5, 0.6) is 0 Å². The number of guanidine groups is 1. The molecule has 0 aliphatic heterocycles. The molecule has 0 spiro atoms. The normalized spacial score (nSPS) is 11.8. The van der Waals surface area contributed by atoms with Gasteiger partial charge in [-0.3, -0.25) is 0 Å². The van der Waals surface area contributed by atoms with Gasteiger partial charge in [-0.25, -0.2) is 22.1 Å². The SMILES string of the molecule is CCNC(=NCc1ccc(S(=O)(=O)N(C)C)cc1)NCCc1ccc(F)cc1.I. The Hall–Kier alpha value is -1.72. The fourth-order valence-electron chi connectivity index (χ4n) is 2.47. The number of sulfonamides is 1. The first-order chi connectivity index (χ1) is 13.3. The minimum Gasteiger partial charge on any atom is -0.357 e. The van der Waals surface area contributed by atoms with Gasteiger partial charge < -0.3 is 10.6 Å². The number of halogens is 2. The standard InChI is InChI=1S/C20H27FN4O2S.HI/c1-4-22-20(23-14-13-16-5-9-18(21)10-6-16)24-15-17-7-11-19(12-8-17)28(26,27)25(2)3;/h5-12H,4,13-15H2,1-3H3,(H2,22,23,24);1H. The minimum atomic E-state index is -3.43. The highest BCUT2D eigenvalue weighted by atomic mass is 127. The molecule has 29 heavy (non-hydrogen) atoms. The first kappa shape index (κ1) is 25.3. The van der Waals surface area contributed by atoms with Crippen molar-refractivity contribution in [3.8, 4) is 0 Å². The van der Waals surface area contributed by atoms with Gasteiger partial charge in [-0.1, -0.05) is 24.3 Å². The molecule has 6 nitrogen and oxygen atoms in total. The average molecular weight is 534 g/mol. The third kappa shape index (κ3) is 7.90. The molecule has 9 heteroatoms. The van der Waals surface area contributed by atoms with E-state index in [0.29, 0.717) is 19.0 Å². The van der Waals surface area contributed by atoms with E-state index in [9.17, 15) is 12.8 Å². The Morgan fingerprint density at radius 3 is 2.14 bits per heavy atom. The van der Waals surface area contributed by atoms with Crippen molar-refractivity contribution in [2.45, 2.75) is 24.8 Å². The molecule has 2 N–H and O–H groups in total. The molecule has 2 aromatic carbocycles. The highest BCUT2D eigenvalue weighted by molar-refractivity contribution is 14.0. The summed E-state index contributed by atoms with van der Waals surface area (Å²) in [5.74, 6) is 0.436. The molecular weight excluding hydrogens is 506 g/mol. The molecule has 0 unspecified atom stereocenters. The summed E-state index contributed by atoms with van der Waals surface area (Å²) in [5.41, 5.74) is 1.95. The summed E-state index contributed by atoms with van der Waals surface area (Å²) in [7, 11) is -0.410. The molecule has 2 rings (SSSR count). The molecule has 0 heterocycles. The second kappa shape index (κ2) is 12.1. The molecule has 0 aromatic heterocycles. The third-order valence-electron chi connectivity index (χ3n) is 4.09. The molecule has 0 atom stereocenters. The Balaban J connectivity index is 0.00000420. The largest absolute Gasteiger partial charge is 0.357 e. The zero-order chi connectivity index (χ0) is 20.6. The smallest absolute Gasteiger partial charge is 0.242 e. The van der Waals surface area contributed by atoms with Crippen LogP contribution in [0.1, 0.15) is 18.1 Å². The van der Waals surface area contributed by atoms with Crippen LogP contribution in [-0.2, 0) is 23.0 Å². The average Bonchev–Trinajstić information content (AvgIpc) is 2.68. The minimum absolute atomic E-state index is 0. The van der Waals surface area contributed by atoms with Crippen molar-refractivity contribution in [3.05, 3.63) is 65.5 Å². The van der Waals surface area contributed by atoms with Gasteiger partial charge in [0.15, 0.2) is 5.96 Å². The fraction of sp³-hybridized carbons (Fsp3) is 0.350. The van der Waals surface area contributed by atoms with E-state index in [1.165, 1.54) is 30.5 Å². The lowest BCUT2D eigenvalue weighted by molar-refractivity contribution is 0.520. The van der Waals surface area contributed by atoms with Gasteiger partial charge >= 0.3 is 0 Å². The molecule has 160 valence electrons. The molecule has 0 aliphatic carbocycles. The van der Waals surface area contributed by atoms with Crippen LogP contribution in [0.15, 0.2) is 58.4 Å². The number of aliphatic imine (C=N–C) groups is 1. The van der Waals surface area contributed by atoms with Crippen molar-refractivity contribution in [1.29, 1.82) is 0 Å². The number of nitrogens with zero attached hydrogens (tertiary/aromatic N) is 2. The molecule has 0 saturated heterocycles. The quantitative estimate of drug-likeness (QED) is 0.311. The summed E-state index contributed by atoms with van der Waals surface area (Å²) < 4.78 is 38.3. The zero-order valence-electron chi connectivity index (χ0n) is 16.9. The van der Waals surface area contributed by atoms with Crippen LogP contribution in [0.4, 0.5) is 4.39 Å². The van der Waals surface area contributed by atoms with Crippen LogP contribution in [0, 0.1) is 5.82 Å². The van der Waals surface area contributed by atoms with Gasteiger partial charge in [0.05, 0.1) is 11.4 Å². The topological polar surface area (TPSA) is 73.8 Å². The van der Waals surface area contributed by atoms with Crippen LogP contribution in [-0.4, -0.2) is 45.9 Å². The summed E-state index contributed by atoms with van der Waals surface area (Å²) in [6, 6.07) is 13.2. The fourth-order valence-corrected chi connectivity index (χ4v) is 3.37. The Bertz CT molecular complexity index is 886. The summed E-state index contributed by atoms with van der Waals surface area (Å²) in [5, 5.41) is 6.42. The van der Waals surface area contributed by atoms with Crippen LogP contribution in [0.3, 0.4) is 0 Å². The molecule has 2 aromatic rings. The summed E-state index contributed by atoms with van der Waals surface area (Å²) in [6.45, 7) is 3.80. The van der Waals surface area contributed by atoms with E-state index in [1.54, 1.807) is 36.4 Å². The zero-order valence-corrected chi connectivity index (χ0v) is 20.0. The van der Waals surface area contributed by atoms with Gasteiger partial charge in [-0.2, -0.15) is 0 Å². The highest BCUT2D eigenvalue weighted by Crippen LogP contribution is 2.14. The monoisotopic (exact) mass is 534 g/mol. The molecule has 0 aliphatic rings. The summed E-state index contributed by atoms with van der Waals surface area (Å²) in [4.78, 5) is 4.79. The molecule has 0 fully saturated rings. The van der Waals surface area contributed by atoms with Crippen molar-refractivity contribution in [2.24, 2.45) is 4.99 Å². The lowest BCUT2D eigenvalue weighted by atomic mass is 10.1. The van der Waals surface area contributed by atoms with E-state index in [2.05, 4.69) is 15.6 Å². The lowest BCUT2D eigenvalue weighted by Gasteiger charge is -2.12. The third-order valence-corrected chi connectivity index (χ3v) is 5.91. The van der Waals surface area contributed by atoms with Crippen molar-refractivity contribution in [3.63, 3.8) is 0 Å². The number of rotatable bonds is 8. The molecule has 0 radical (unpaired) electrons. The van der Waals surface area contributed by atoms with Crippen LogP contribution in [0.25, 0.3) is 0 Å². The number of nitrogens with one attached hydrogen (secondary N) is 2. The lowest BCUT2D eigenvalue weighted by Crippen LogP contribution is -2.38. The number of hydrogen-bond donors (Lipinski definition) is 2. The first-order valence-corrected chi connectivity index (χ1v) is 10.5. The second-order valence-electron chi connectivity index (χ2n) is 6.43. The van der Waals surface area contributed by atoms with E-state index < -0.39 is 10.0 Å².